The molecule has 16 heavy (non-hydrogen) atoms. The lowest BCUT2D eigenvalue weighted by molar-refractivity contribution is -0.134. The van der Waals surface area contributed by atoms with Crippen molar-refractivity contribution in [1.29, 1.82) is 0 Å². The third kappa shape index (κ3) is 3.96. The lowest BCUT2D eigenvalue weighted by atomic mass is 10.3. The number of hydrogen-bond donors (Lipinski definition) is 1. The van der Waals surface area contributed by atoms with E-state index in [1.165, 1.54) is 0 Å². The van der Waals surface area contributed by atoms with Crippen LogP contribution in [0.5, 0.6) is 0 Å². The zero-order chi connectivity index (χ0) is 12.0. The molecule has 5 heteroatoms. The van der Waals surface area contributed by atoms with Gasteiger partial charge in [0.15, 0.2) is 0 Å². The van der Waals surface area contributed by atoms with Crippen molar-refractivity contribution < 1.29 is 4.79 Å². The highest BCUT2D eigenvalue weighted by Crippen LogP contribution is 2.12. The van der Waals surface area contributed by atoms with Crippen LogP contribution >= 0.6 is 11.8 Å². The van der Waals surface area contributed by atoms with Gasteiger partial charge in [0.1, 0.15) is 0 Å². The van der Waals surface area contributed by atoms with Crippen LogP contribution in [0.4, 0.5) is 0 Å². The highest BCUT2D eigenvalue weighted by Gasteiger charge is 2.26. The average Bonchev–Trinajstić information content (AvgIpc) is 2.42. The number of carbonyl (C=O) groups is 1. The highest BCUT2D eigenvalue weighted by atomic mass is 32.2. The summed E-state index contributed by atoms with van der Waals surface area (Å²) >= 11 is 1.85. The molecule has 0 aromatic carbocycles. The van der Waals surface area contributed by atoms with Crippen molar-refractivity contribution in [2.45, 2.75) is 19.4 Å². The van der Waals surface area contributed by atoms with Gasteiger partial charge < -0.3 is 10.2 Å². The second-order valence-electron chi connectivity index (χ2n) is 4.24. The molecule has 0 aromatic rings. The van der Waals surface area contributed by atoms with Gasteiger partial charge in [0.05, 0.1) is 12.7 Å². The number of nitrogens with one attached hydrogen (secondary N) is 1. The van der Waals surface area contributed by atoms with Crippen LogP contribution in [0.2, 0.25) is 0 Å². The van der Waals surface area contributed by atoms with E-state index in [1.54, 1.807) is 0 Å². The first kappa shape index (κ1) is 13.8. The fourth-order valence-electron chi connectivity index (χ4n) is 1.87. The Morgan fingerprint density at radius 2 is 2.38 bits per heavy atom. The maximum Gasteiger partial charge on any atom is 0.241 e. The molecule has 0 saturated carbocycles. The molecule has 1 aliphatic rings. The third-order valence-electron chi connectivity index (χ3n) is 2.77. The van der Waals surface area contributed by atoms with E-state index < -0.39 is 0 Å². The monoisotopic (exact) mass is 245 g/mol. The first-order valence-corrected chi connectivity index (χ1v) is 7.06. The van der Waals surface area contributed by atoms with Gasteiger partial charge in [-0.25, -0.2) is 0 Å². The number of nitrogens with zero attached hydrogens (tertiary/aromatic N) is 2. The Kier molecular flexibility index (Phi) is 6.16. The van der Waals surface area contributed by atoms with Gasteiger partial charge in [-0.15, -0.1) is 0 Å². The number of rotatable bonds is 5. The van der Waals surface area contributed by atoms with Gasteiger partial charge in [0.2, 0.25) is 5.91 Å². The van der Waals surface area contributed by atoms with E-state index in [0.717, 1.165) is 37.7 Å². The summed E-state index contributed by atoms with van der Waals surface area (Å²) in [6, 6.07) is -0.0115. The molecule has 1 saturated heterocycles. The molecule has 0 aliphatic carbocycles. The molecule has 4 nitrogen and oxygen atoms in total. The van der Waals surface area contributed by atoms with E-state index in [9.17, 15) is 4.79 Å². The Labute approximate surface area is 103 Å². The molecule has 94 valence electrons. The number of carbonyl (C=O) groups excluding carboxylic acids is 1. The van der Waals surface area contributed by atoms with Crippen molar-refractivity contribution in [3.63, 3.8) is 0 Å². The largest absolute Gasteiger partial charge is 0.328 e. The van der Waals surface area contributed by atoms with Crippen molar-refractivity contribution in [2.75, 3.05) is 45.4 Å². The molecule has 1 rings (SSSR count). The normalized spacial score (nSPS) is 22.6. The lowest BCUT2D eigenvalue weighted by Gasteiger charge is -2.28. The molecule has 1 amide bonds. The van der Waals surface area contributed by atoms with Crippen LogP contribution in [-0.4, -0.2) is 67.1 Å². The number of likely N-dealkylation sites (N-methyl/N-ethyl adjacent to an activating group) is 1. The van der Waals surface area contributed by atoms with Gasteiger partial charge in [-0.3, -0.25) is 9.69 Å². The summed E-state index contributed by atoms with van der Waals surface area (Å²) in [7, 11) is 3.94. The third-order valence-corrected chi connectivity index (χ3v) is 3.81. The molecule has 0 radical (unpaired) electrons. The zero-order valence-corrected chi connectivity index (χ0v) is 11.3. The van der Waals surface area contributed by atoms with Gasteiger partial charge in [-0.05, 0) is 27.1 Å². The Hall–Kier alpha value is -0.260. The summed E-state index contributed by atoms with van der Waals surface area (Å²) < 4.78 is 0. The molecule has 1 fully saturated rings. The SMILES string of the molecule is CCCN(C)CN1CCSCC(NC)C1=O. The van der Waals surface area contributed by atoms with E-state index >= 15 is 0 Å². The van der Waals surface area contributed by atoms with Crippen LogP contribution in [0.15, 0.2) is 0 Å². The van der Waals surface area contributed by atoms with Crippen LogP contribution in [0.3, 0.4) is 0 Å². The van der Waals surface area contributed by atoms with Gasteiger partial charge in [0.25, 0.3) is 0 Å². The second kappa shape index (κ2) is 7.14. The molecular formula is C11H23N3OS. The molecule has 1 N–H and O–H groups in total. The molecule has 1 aliphatic heterocycles. The smallest absolute Gasteiger partial charge is 0.241 e. The average molecular weight is 245 g/mol. The standard InChI is InChI=1S/C11H23N3OS/c1-4-5-13(3)9-14-6-7-16-8-10(12-2)11(14)15/h10,12H,4-9H2,1-3H3. The van der Waals surface area contributed by atoms with Crippen LogP contribution < -0.4 is 5.32 Å². The van der Waals surface area contributed by atoms with Gasteiger partial charge >= 0.3 is 0 Å². The van der Waals surface area contributed by atoms with Crippen molar-refractivity contribution in [1.82, 2.24) is 15.1 Å². The van der Waals surface area contributed by atoms with Crippen LogP contribution in [0.1, 0.15) is 13.3 Å². The first-order chi connectivity index (χ1) is 7.69. The number of thioether (sulfide) groups is 1. The maximum absolute atomic E-state index is 12.1. The summed E-state index contributed by atoms with van der Waals surface area (Å²) in [6.07, 6.45) is 1.13. The minimum absolute atomic E-state index is 0.0115. The van der Waals surface area contributed by atoms with Crippen molar-refractivity contribution >= 4 is 17.7 Å². The number of hydrogen-bond acceptors (Lipinski definition) is 4. The molecule has 1 heterocycles. The van der Waals surface area contributed by atoms with E-state index in [-0.39, 0.29) is 11.9 Å². The molecule has 0 bridgehead atoms. The molecule has 1 atom stereocenters. The lowest BCUT2D eigenvalue weighted by Crippen LogP contribution is -2.49. The molecule has 0 aromatic heterocycles. The van der Waals surface area contributed by atoms with Gasteiger partial charge in [0, 0.05) is 18.1 Å². The second-order valence-corrected chi connectivity index (χ2v) is 5.39. The summed E-state index contributed by atoms with van der Waals surface area (Å²) in [5.41, 5.74) is 0. The quantitative estimate of drug-likeness (QED) is 0.763. The van der Waals surface area contributed by atoms with E-state index in [0.29, 0.717) is 0 Å². The van der Waals surface area contributed by atoms with Crippen molar-refractivity contribution in [3.8, 4) is 0 Å². The minimum atomic E-state index is -0.0115. The first-order valence-electron chi connectivity index (χ1n) is 5.91. The van der Waals surface area contributed by atoms with Gasteiger partial charge in [-0.1, -0.05) is 6.92 Å². The highest BCUT2D eigenvalue weighted by molar-refractivity contribution is 7.99. The van der Waals surface area contributed by atoms with E-state index in [4.69, 9.17) is 0 Å². The predicted octanol–water partition coefficient (Wildman–Crippen LogP) is 0.449. The number of amides is 1. The van der Waals surface area contributed by atoms with Crippen LogP contribution in [0.25, 0.3) is 0 Å². The molecular weight excluding hydrogens is 222 g/mol. The summed E-state index contributed by atoms with van der Waals surface area (Å²) in [5.74, 6) is 2.18. The Bertz CT molecular complexity index is 225. The summed E-state index contributed by atoms with van der Waals surface area (Å²) in [4.78, 5) is 16.3. The van der Waals surface area contributed by atoms with E-state index in [2.05, 4.69) is 24.2 Å². The van der Waals surface area contributed by atoms with Gasteiger partial charge in [-0.2, -0.15) is 11.8 Å². The fourth-order valence-corrected chi connectivity index (χ4v) is 2.93. The fraction of sp³-hybridized carbons (Fsp3) is 0.909. The maximum atomic E-state index is 12.1. The predicted molar refractivity (Wildman–Crippen MR) is 69.7 cm³/mol. The molecule has 0 spiro atoms. The van der Waals surface area contributed by atoms with Crippen LogP contribution in [0, 0.1) is 0 Å². The van der Waals surface area contributed by atoms with Crippen molar-refractivity contribution in [2.24, 2.45) is 0 Å². The van der Waals surface area contributed by atoms with Crippen molar-refractivity contribution in [3.05, 3.63) is 0 Å². The molecule has 1 unspecified atom stereocenters. The minimum Gasteiger partial charge on any atom is -0.328 e. The van der Waals surface area contributed by atoms with Crippen LogP contribution in [-0.2, 0) is 4.79 Å². The Balaban J connectivity index is 2.52. The summed E-state index contributed by atoms with van der Waals surface area (Å²) in [5, 5.41) is 3.10. The van der Waals surface area contributed by atoms with E-state index in [1.807, 2.05) is 23.7 Å². The Morgan fingerprint density at radius 1 is 1.62 bits per heavy atom. The Morgan fingerprint density at radius 3 is 3.00 bits per heavy atom. The zero-order valence-electron chi connectivity index (χ0n) is 10.5. The topological polar surface area (TPSA) is 35.6 Å². The summed E-state index contributed by atoms with van der Waals surface area (Å²) in [6.45, 7) is 4.83.